The molecule has 0 aromatic rings. The molecule has 19 heavy (non-hydrogen) atoms. The van der Waals surface area contributed by atoms with Crippen molar-refractivity contribution in [2.75, 3.05) is 26.2 Å². The summed E-state index contributed by atoms with van der Waals surface area (Å²) in [6.07, 6.45) is 5.81. The van der Waals surface area contributed by atoms with E-state index in [2.05, 4.69) is 11.0 Å². The molecular formula is C15H26N2O2. The number of aliphatic hydroxyl groups is 1. The third kappa shape index (κ3) is 3.10. The van der Waals surface area contributed by atoms with Gasteiger partial charge in [0, 0.05) is 24.9 Å². The first-order chi connectivity index (χ1) is 9.23. The van der Waals surface area contributed by atoms with E-state index in [1.54, 1.807) is 0 Å². The lowest BCUT2D eigenvalue weighted by Crippen LogP contribution is -2.62. The minimum absolute atomic E-state index is 0.0408. The summed E-state index contributed by atoms with van der Waals surface area (Å²) in [5.74, 6) is 0. The van der Waals surface area contributed by atoms with Crippen LogP contribution in [0.2, 0.25) is 0 Å². The Labute approximate surface area is 116 Å². The Morgan fingerprint density at radius 1 is 1.37 bits per heavy atom. The molecule has 108 valence electrons. The largest absolute Gasteiger partial charge is 0.392 e. The van der Waals surface area contributed by atoms with Crippen molar-refractivity contribution in [3.05, 3.63) is 0 Å². The first-order valence-electron chi connectivity index (χ1n) is 7.62. The van der Waals surface area contributed by atoms with E-state index in [-0.39, 0.29) is 17.6 Å². The first-order valence-corrected chi connectivity index (χ1v) is 7.62. The number of likely N-dealkylation sites (tertiary alicyclic amines) is 1. The Morgan fingerprint density at radius 3 is 2.68 bits per heavy atom. The minimum atomic E-state index is -0.162. The van der Waals surface area contributed by atoms with Crippen molar-refractivity contribution >= 4 is 0 Å². The highest BCUT2D eigenvalue weighted by atomic mass is 16.5. The van der Waals surface area contributed by atoms with Crippen molar-refractivity contribution < 1.29 is 9.84 Å². The fourth-order valence-electron chi connectivity index (χ4n) is 3.55. The van der Waals surface area contributed by atoms with Crippen molar-refractivity contribution in [1.29, 1.82) is 5.26 Å². The van der Waals surface area contributed by atoms with Crippen LogP contribution in [0.15, 0.2) is 0 Å². The van der Waals surface area contributed by atoms with Gasteiger partial charge in [-0.3, -0.25) is 0 Å². The summed E-state index contributed by atoms with van der Waals surface area (Å²) < 4.78 is 5.78. The fourth-order valence-corrected chi connectivity index (χ4v) is 3.55. The molecule has 1 spiro atoms. The van der Waals surface area contributed by atoms with Gasteiger partial charge in [-0.05, 0) is 52.2 Å². The van der Waals surface area contributed by atoms with Crippen LogP contribution in [0.1, 0.15) is 45.4 Å². The third-order valence-corrected chi connectivity index (χ3v) is 4.91. The maximum absolute atomic E-state index is 10.1. The Bertz CT molecular complexity index is 317. The number of hydrogen-bond acceptors (Lipinski definition) is 4. The van der Waals surface area contributed by atoms with E-state index >= 15 is 0 Å². The zero-order valence-electron chi connectivity index (χ0n) is 12.0. The van der Waals surface area contributed by atoms with E-state index in [1.165, 1.54) is 0 Å². The molecule has 2 unspecified atom stereocenters. The number of ether oxygens (including phenoxy) is 1. The number of hydrogen-bond donors (Lipinski definition) is 1. The molecule has 2 rings (SSSR count). The summed E-state index contributed by atoms with van der Waals surface area (Å²) >= 11 is 0. The number of unbranched alkanes of at least 4 members (excludes halogenated alkanes) is 2. The standard InChI is InChI=1S/C15H26N2O2/c1-2-19-14-12-13(18)15(14)6-10-17(11-7-15)9-5-3-4-8-16/h13-14,18H,2-7,9-12H2,1H3. The van der Waals surface area contributed by atoms with Gasteiger partial charge in [-0.25, -0.2) is 0 Å². The van der Waals surface area contributed by atoms with Crippen molar-refractivity contribution in [2.24, 2.45) is 5.41 Å². The Morgan fingerprint density at radius 2 is 2.11 bits per heavy atom. The molecule has 2 atom stereocenters. The molecule has 4 nitrogen and oxygen atoms in total. The number of aliphatic hydroxyl groups excluding tert-OH is 1. The van der Waals surface area contributed by atoms with Gasteiger partial charge >= 0.3 is 0 Å². The molecule has 1 heterocycles. The molecule has 1 saturated heterocycles. The van der Waals surface area contributed by atoms with Gasteiger partial charge in [0.1, 0.15) is 0 Å². The van der Waals surface area contributed by atoms with Gasteiger partial charge in [0.15, 0.2) is 0 Å². The third-order valence-electron chi connectivity index (χ3n) is 4.91. The normalized spacial score (nSPS) is 29.9. The molecule has 2 aliphatic rings. The van der Waals surface area contributed by atoms with Gasteiger partial charge in [-0.2, -0.15) is 5.26 Å². The lowest BCUT2D eigenvalue weighted by molar-refractivity contribution is -0.209. The SMILES string of the molecule is CCOC1CC(O)C12CCN(CCCCC#N)CC2. The number of rotatable bonds is 6. The zero-order chi connectivity index (χ0) is 13.7. The van der Waals surface area contributed by atoms with Crippen LogP contribution in [-0.4, -0.2) is 48.5 Å². The second-order valence-corrected chi connectivity index (χ2v) is 5.89. The molecule has 0 aromatic heterocycles. The van der Waals surface area contributed by atoms with Crippen LogP contribution in [0.5, 0.6) is 0 Å². The highest BCUT2D eigenvalue weighted by Crippen LogP contribution is 2.50. The second-order valence-electron chi connectivity index (χ2n) is 5.89. The summed E-state index contributed by atoms with van der Waals surface area (Å²) in [5.41, 5.74) is 0.0408. The van der Waals surface area contributed by atoms with E-state index < -0.39 is 0 Å². The van der Waals surface area contributed by atoms with Crippen LogP contribution in [0.25, 0.3) is 0 Å². The first kappa shape index (κ1) is 14.8. The quantitative estimate of drug-likeness (QED) is 0.746. The van der Waals surface area contributed by atoms with Crippen molar-refractivity contribution in [3.8, 4) is 6.07 Å². The van der Waals surface area contributed by atoms with Crippen LogP contribution in [0.4, 0.5) is 0 Å². The van der Waals surface area contributed by atoms with Gasteiger partial charge < -0.3 is 14.7 Å². The van der Waals surface area contributed by atoms with Gasteiger partial charge in [0.05, 0.1) is 18.3 Å². The molecule has 1 aliphatic carbocycles. The highest BCUT2D eigenvalue weighted by Gasteiger charge is 2.55. The number of nitrogens with zero attached hydrogens (tertiary/aromatic N) is 2. The lowest BCUT2D eigenvalue weighted by Gasteiger charge is -2.56. The summed E-state index contributed by atoms with van der Waals surface area (Å²) in [6.45, 7) is 5.99. The number of piperidine rings is 1. The van der Waals surface area contributed by atoms with E-state index in [1.807, 2.05) is 6.92 Å². The lowest BCUT2D eigenvalue weighted by atomic mass is 9.58. The van der Waals surface area contributed by atoms with Crippen LogP contribution in [0, 0.1) is 16.7 Å². The summed E-state index contributed by atoms with van der Waals surface area (Å²) in [6, 6.07) is 2.19. The predicted molar refractivity (Wildman–Crippen MR) is 73.6 cm³/mol. The molecule has 0 amide bonds. The average Bonchev–Trinajstić information content (AvgIpc) is 2.44. The Balaban J connectivity index is 1.74. The Hall–Kier alpha value is -0.630. The van der Waals surface area contributed by atoms with Crippen molar-refractivity contribution in [3.63, 3.8) is 0 Å². The van der Waals surface area contributed by atoms with E-state index in [0.717, 1.165) is 58.3 Å². The zero-order valence-corrected chi connectivity index (χ0v) is 12.0. The van der Waals surface area contributed by atoms with Gasteiger partial charge in [-0.15, -0.1) is 0 Å². The molecule has 1 saturated carbocycles. The van der Waals surface area contributed by atoms with Gasteiger partial charge in [0.2, 0.25) is 0 Å². The fraction of sp³-hybridized carbons (Fsp3) is 0.933. The van der Waals surface area contributed by atoms with E-state index in [4.69, 9.17) is 10.00 Å². The molecular weight excluding hydrogens is 240 g/mol. The van der Waals surface area contributed by atoms with Crippen molar-refractivity contribution in [2.45, 2.75) is 57.7 Å². The smallest absolute Gasteiger partial charge is 0.0681 e. The molecule has 0 aromatic carbocycles. The molecule has 2 fully saturated rings. The monoisotopic (exact) mass is 266 g/mol. The minimum Gasteiger partial charge on any atom is -0.392 e. The Kier molecular flexibility index (Phi) is 5.20. The van der Waals surface area contributed by atoms with E-state index in [0.29, 0.717) is 6.42 Å². The molecule has 0 bridgehead atoms. The van der Waals surface area contributed by atoms with Gasteiger partial charge in [0.25, 0.3) is 0 Å². The van der Waals surface area contributed by atoms with Crippen molar-refractivity contribution in [1.82, 2.24) is 4.90 Å². The topological polar surface area (TPSA) is 56.5 Å². The average molecular weight is 266 g/mol. The van der Waals surface area contributed by atoms with E-state index in [9.17, 15) is 5.11 Å². The predicted octanol–water partition coefficient (Wildman–Crippen LogP) is 1.93. The summed E-state index contributed by atoms with van der Waals surface area (Å²) in [5, 5.41) is 18.6. The molecule has 0 radical (unpaired) electrons. The highest BCUT2D eigenvalue weighted by molar-refractivity contribution is 5.06. The molecule has 1 aliphatic heterocycles. The maximum Gasteiger partial charge on any atom is 0.0681 e. The number of nitriles is 1. The van der Waals surface area contributed by atoms with Crippen LogP contribution in [0.3, 0.4) is 0 Å². The molecule has 1 N–H and O–H groups in total. The van der Waals surface area contributed by atoms with Crippen LogP contribution in [-0.2, 0) is 4.74 Å². The van der Waals surface area contributed by atoms with Crippen LogP contribution < -0.4 is 0 Å². The summed E-state index contributed by atoms with van der Waals surface area (Å²) in [4.78, 5) is 2.47. The van der Waals surface area contributed by atoms with Gasteiger partial charge in [-0.1, -0.05) is 0 Å². The summed E-state index contributed by atoms with van der Waals surface area (Å²) in [7, 11) is 0. The maximum atomic E-state index is 10.1. The van der Waals surface area contributed by atoms with Crippen LogP contribution >= 0.6 is 0 Å². The second kappa shape index (κ2) is 6.69. The molecule has 4 heteroatoms.